The van der Waals surface area contributed by atoms with Crippen LogP contribution in [0.4, 0.5) is 0 Å². The second-order valence-corrected chi connectivity index (χ2v) is 6.75. The summed E-state index contributed by atoms with van der Waals surface area (Å²) in [7, 11) is 4.51. The maximum Gasteiger partial charge on any atom is 0.494 e. The SMILES string of the molecule is COc1cc(B2OC(C)(C)C(C)(C)O2)ccc1C(=O)N(C)C. The fraction of sp³-hybridized carbons (Fsp3) is 0.562. The largest absolute Gasteiger partial charge is 0.496 e. The highest BCUT2D eigenvalue weighted by atomic mass is 16.7. The minimum atomic E-state index is -0.470. The van der Waals surface area contributed by atoms with Crippen LogP contribution in [0.25, 0.3) is 0 Å². The Bertz CT molecular complexity index is 568. The predicted molar refractivity (Wildman–Crippen MR) is 86.7 cm³/mol. The van der Waals surface area contributed by atoms with Crippen molar-refractivity contribution in [1.29, 1.82) is 0 Å². The van der Waals surface area contributed by atoms with Gasteiger partial charge in [0.2, 0.25) is 0 Å². The minimum absolute atomic E-state index is 0.0997. The molecule has 0 radical (unpaired) electrons. The minimum Gasteiger partial charge on any atom is -0.496 e. The molecule has 0 N–H and O–H groups in total. The van der Waals surface area contributed by atoms with E-state index in [1.54, 1.807) is 33.3 Å². The van der Waals surface area contributed by atoms with Crippen LogP contribution < -0.4 is 10.2 Å². The zero-order chi connectivity index (χ0) is 16.7. The molecule has 6 heteroatoms. The Labute approximate surface area is 132 Å². The Morgan fingerprint density at radius 3 is 2.14 bits per heavy atom. The topological polar surface area (TPSA) is 48.0 Å². The van der Waals surface area contributed by atoms with Crippen molar-refractivity contribution in [3.8, 4) is 5.75 Å². The third-order valence-electron chi connectivity index (χ3n) is 4.39. The quantitative estimate of drug-likeness (QED) is 0.798. The number of rotatable bonds is 3. The van der Waals surface area contributed by atoms with Crippen LogP contribution in [0.3, 0.4) is 0 Å². The highest BCUT2D eigenvalue weighted by Crippen LogP contribution is 2.36. The summed E-state index contributed by atoms with van der Waals surface area (Å²) in [6, 6.07) is 5.40. The lowest BCUT2D eigenvalue weighted by atomic mass is 9.78. The van der Waals surface area contributed by atoms with Crippen molar-refractivity contribution >= 4 is 18.5 Å². The Balaban J connectivity index is 2.34. The van der Waals surface area contributed by atoms with E-state index in [-0.39, 0.29) is 5.91 Å². The molecule has 0 spiro atoms. The van der Waals surface area contributed by atoms with Crippen LogP contribution in [-0.2, 0) is 9.31 Å². The lowest BCUT2D eigenvalue weighted by Gasteiger charge is -2.32. The molecule has 1 aliphatic rings. The molecule has 1 heterocycles. The molecule has 0 unspecified atom stereocenters. The van der Waals surface area contributed by atoms with E-state index >= 15 is 0 Å². The summed E-state index contributed by atoms with van der Waals surface area (Å²) in [6.45, 7) is 8.03. The highest BCUT2D eigenvalue weighted by Gasteiger charge is 2.51. The van der Waals surface area contributed by atoms with E-state index in [4.69, 9.17) is 14.0 Å². The van der Waals surface area contributed by atoms with Crippen LogP contribution in [0.2, 0.25) is 0 Å². The monoisotopic (exact) mass is 305 g/mol. The highest BCUT2D eigenvalue weighted by molar-refractivity contribution is 6.62. The van der Waals surface area contributed by atoms with Crippen molar-refractivity contribution in [3.63, 3.8) is 0 Å². The van der Waals surface area contributed by atoms with Crippen LogP contribution in [-0.4, -0.2) is 50.3 Å². The summed E-state index contributed by atoms with van der Waals surface area (Å²) < 4.78 is 17.4. The second-order valence-electron chi connectivity index (χ2n) is 6.75. The van der Waals surface area contributed by atoms with Gasteiger partial charge in [-0.05, 0) is 45.3 Å². The van der Waals surface area contributed by atoms with E-state index in [0.717, 1.165) is 5.46 Å². The van der Waals surface area contributed by atoms with Crippen LogP contribution in [0.15, 0.2) is 18.2 Å². The zero-order valence-electron chi connectivity index (χ0n) is 14.4. The molecule has 2 rings (SSSR count). The summed E-state index contributed by atoms with van der Waals surface area (Å²) in [5.41, 5.74) is 0.560. The molecule has 1 saturated heterocycles. The Morgan fingerprint density at radius 1 is 1.14 bits per heavy atom. The van der Waals surface area contributed by atoms with Crippen molar-refractivity contribution in [1.82, 2.24) is 4.90 Å². The normalized spacial score (nSPS) is 19.1. The lowest BCUT2D eigenvalue weighted by Crippen LogP contribution is -2.41. The number of ether oxygens (including phenoxy) is 1. The predicted octanol–water partition coefficient (Wildman–Crippen LogP) is 1.70. The standard InChI is InChI=1S/C16H24BNO4/c1-15(2)16(3,4)22-17(21-15)11-8-9-12(13(10-11)20-7)14(19)18(5)6/h8-10H,1-7H3. The van der Waals surface area contributed by atoms with Crippen molar-refractivity contribution < 1.29 is 18.8 Å². The van der Waals surface area contributed by atoms with E-state index in [0.29, 0.717) is 11.3 Å². The van der Waals surface area contributed by atoms with Crippen LogP contribution in [0.5, 0.6) is 5.75 Å². The molecule has 1 aliphatic heterocycles. The molecule has 1 amide bonds. The van der Waals surface area contributed by atoms with Crippen LogP contribution in [0.1, 0.15) is 38.1 Å². The fourth-order valence-corrected chi connectivity index (χ4v) is 2.25. The van der Waals surface area contributed by atoms with Gasteiger partial charge in [0.05, 0.1) is 23.9 Å². The van der Waals surface area contributed by atoms with Gasteiger partial charge in [0, 0.05) is 14.1 Å². The van der Waals surface area contributed by atoms with Gasteiger partial charge in [-0.3, -0.25) is 4.79 Å². The summed E-state index contributed by atoms with van der Waals surface area (Å²) in [6.07, 6.45) is 0. The smallest absolute Gasteiger partial charge is 0.494 e. The first kappa shape index (κ1) is 16.8. The number of carbonyl (C=O) groups excluding carboxylic acids is 1. The van der Waals surface area contributed by atoms with Gasteiger partial charge in [0.1, 0.15) is 5.75 Å². The van der Waals surface area contributed by atoms with Crippen LogP contribution >= 0.6 is 0 Å². The molecule has 0 saturated carbocycles. The van der Waals surface area contributed by atoms with E-state index in [1.807, 2.05) is 33.8 Å². The maximum atomic E-state index is 12.1. The second kappa shape index (κ2) is 5.59. The van der Waals surface area contributed by atoms with Crippen LogP contribution in [0, 0.1) is 0 Å². The molecule has 0 aromatic heterocycles. The van der Waals surface area contributed by atoms with E-state index in [2.05, 4.69) is 0 Å². The maximum absolute atomic E-state index is 12.1. The van der Waals surface area contributed by atoms with Gasteiger partial charge >= 0.3 is 7.12 Å². The van der Waals surface area contributed by atoms with E-state index in [9.17, 15) is 4.79 Å². The molecular weight excluding hydrogens is 281 g/mol. The summed E-state index contributed by atoms with van der Waals surface area (Å²) in [5.74, 6) is 0.420. The first-order valence-corrected chi connectivity index (χ1v) is 7.34. The number of hydrogen-bond acceptors (Lipinski definition) is 4. The van der Waals surface area contributed by atoms with Gasteiger partial charge < -0.3 is 18.9 Å². The van der Waals surface area contributed by atoms with Gasteiger partial charge in [-0.15, -0.1) is 0 Å². The number of benzene rings is 1. The molecular formula is C16H24BNO4. The van der Waals surface area contributed by atoms with E-state index in [1.165, 1.54) is 4.90 Å². The number of amides is 1. The number of hydrogen-bond donors (Lipinski definition) is 0. The number of carbonyl (C=O) groups is 1. The van der Waals surface area contributed by atoms with Crippen molar-refractivity contribution in [2.45, 2.75) is 38.9 Å². The molecule has 1 aromatic rings. The zero-order valence-corrected chi connectivity index (χ0v) is 14.4. The molecule has 0 bridgehead atoms. The third kappa shape index (κ3) is 2.85. The van der Waals surface area contributed by atoms with E-state index < -0.39 is 18.3 Å². The van der Waals surface area contributed by atoms with Crippen molar-refractivity contribution in [2.24, 2.45) is 0 Å². The fourth-order valence-electron chi connectivity index (χ4n) is 2.25. The van der Waals surface area contributed by atoms with Gasteiger partial charge in [0.25, 0.3) is 5.91 Å². The number of methoxy groups -OCH3 is 1. The number of nitrogens with zero attached hydrogens (tertiary/aromatic N) is 1. The summed E-state index contributed by atoms with van der Waals surface area (Å²) in [4.78, 5) is 13.7. The summed E-state index contributed by atoms with van der Waals surface area (Å²) >= 11 is 0. The first-order valence-electron chi connectivity index (χ1n) is 7.34. The Kier molecular flexibility index (Phi) is 4.28. The average molecular weight is 305 g/mol. The molecule has 5 nitrogen and oxygen atoms in total. The van der Waals surface area contributed by atoms with Crippen molar-refractivity contribution in [2.75, 3.05) is 21.2 Å². The summed E-state index contributed by atoms with van der Waals surface area (Å²) in [5, 5.41) is 0. The average Bonchev–Trinajstić information content (AvgIpc) is 2.65. The van der Waals surface area contributed by atoms with Gasteiger partial charge in [-0.25, -0.2) is 0 Å². The molecule has 120 valence electrons. The van der Waals surface area contributed by atoms with Gasteiger partial charge in [0.15, 0.2) is 0 Å². The first-order chi connectivity index (χ1) is 10.1. The molecule has 0 atom stereocenters. The molecule has 1 aromatic carbocycles. The molecule has 22 heavy (non-hydrogen) atoms. The van der Waals surface area contributed by atoms with Gasteiger partial charge in [-0.1, -0.05) is 6.07 Å². The Hall–Kier alpha value is -1.53. The molecule has 1 fully saturated rings. The Morgan fingerprint density at radius 2 is 1.68 bits per heavy atom. The van der Waals surface area contributed by atoms with Crippen molar-refractivity contribution in [3.05, 3.63) is 23.8 Å². The molecule has 0 aliphatic carbocycles. The van der Waals surface area contributed by atoms with Gasteiger partial charge in [-0.2, -0.15) is 0 Å². The third-order valence-corrected chi connectivity index (χ3v) is 4.39. The lowest BCUT2D eigenvalue weighted by molar-refractivity contribution is 0.00578.